The number of nitrogens with zero attached hydrogens (tertiary/aromatic N) is 1. The predicted octanol–water partition coefficient (Wildman–Crippen LogP) is 3.29. The second kappa shape index (κ2) is 4.77. The molecule has 1 aromatic heterocycles. The average Bonchev–Trinajstić information content (AvgIpc) is 2.33. The number of aldehydes is 1. The highest BCUT2D eigenvalue weighted by Crippen LogP contribution is 2.20. The van der Waals surface area contributed by atoms with Crippen LogP contribution in [0.15, 0.2) is 42.7 Å². The van der Waals surface area contributed by atoms with E-state index in [4.69, 9.17) is 11.6 Å². The van der Waals surface area contributed by atoms with Crippen molar-refractivity contribution in [2.24, 2.45) is 0 Å². The standard InChI is InChI=1S/C12H9ClN2O/c13-10-1-3-11(4-2-10)15-12-5-6-14-7-9(12)8-16/h1-8H,(H,14,15). The van der Waals surface area contributed by atoms with Gasteiger partial charge in [-0.2, -0.15) is 0 Å². The van der Waals surface area contributed by atoms with Crippen LogP contribution in [0.3, 0.4) is 0 Å². The van der Waals surface area contributed by atoms with E-state index < -0.39 is 0 Å². The Labute approximate surface area is 98.1 Å². The number of benzene rings is 1. The molecule has 80 valence electrons. The van der Waals surface area contributed by atoms with E-state index in [1.807, 2.05) is 12.1 Å². The van der Waals surface area contributed by atoms with Crippen molar-refractivity contribution < 1.29 is 4.79 Å². The smallest absolute Gasteiger partial charge is 0.153 e. The van der Waals surface area contributed by atoms with Crippen LogP contribution in [0, 0.1) is 0 Å². The summed E-state index contributed by atoms with van der Waals surface area (Å²) in [6.45, 7) is 0. The Morgan fingerprint density at radius 1 is 1.19 bits per heavy atom. The lowest BCUT2D eigenvalue weighted by molar-refractivity contribution is 0.112. The molecule has 0 aliphatic heterocycles. The fourth-order valence-electron chi connectivity index (χ4n) is 1.30. The van der Waals surface area contributed by atoms with Gasteiger partial charge in [0, 0.05) is 23.1 Å². The van der Waals surface area contributed by atoms with Gasteiger partial charge in [0.1, 0.15) is 0 Å². The lowest BCUT2D eigenvalue weighted by Gasteiger charge is -2.07. The van der Waals surface area contributed by atoms with Crippen molar-refractivity contribution in [2.75, 3.05) is 5.32 Å². The molecule has 0 saturated heterocycles. The fraction of sp³-hybridized carbons (Fsp3) is 0. The third-order valence-electron chi connectivity index (χ3n) is 2.10. The molecule has 1 heterocycles. The Bertz CT molecular complexity index is 497. The van der Waals surface area contributed by atoms with Crippen molar-refractivity contribution in [3.63, 3.8) is 0 Å². The second-order valence-corrected chi connectivity index (χ2v) is 3.65. The molecule has 0 aliphatic carbocycles. The zero-order chi connectivity index (χ0) is 11.4. The number of hydrogen-bond donors (Lipinski definition) is 1. The summed E-state index contributed by atoms with van der Waals surface area (Å²) in [7, 11) is 0. The molecule has 1 aromatic carbocycles. The van der Waals surface area contributed by atoms with Gasteiger partial charge in [-0.05, 0) is 30.3 Å². The molecule has 0 unspecified atom stereocenters. The molecule has 4 heteroatoms. The zero-order valence-corrected chi connectivity index (χ0v) is 9.11. The van der Waals surface area contributed by atoms with E-state index >= 15 is 0 Å². The average molecular weight is 233 g/mol. The third kappa shape index (κ3) is 2.38. The summed E-state index contributed by atoms with van der Waals surface area (Å²) < 4.78 is 0. The van der Waals surface area contributed by atoms with E-state index in [-0.39, 0.29) is 0 Å². The Morgan fingerprint density at radius 3 is 2.62 bits per heavy atom. The molecular weight excluding hydrogens is 224 g/mol. The van der Waals surface area contributed by atoms with E-state index in [0.717, 1.165) is 17.7 Å². The monoisotopic (exact) mass is 232 g/mol. The highest BCUT2D eigenvalue weighted by Gasteiger charge is 2.01. The van der Waals surface area contributed by atoms with Gasteiger partial charge < -0.3 is 5.32 Å². The second-order valence-electron chi connectivity index (χ2n) is 3.21. The molecule has 0 atom stereocenters. The fourth-order valence-corrected chi connectivity index (χ4v) is 1.43. The van der Waals surface area contributed by atoms with Crippen molar-refractivity contribution in [3.05, 3.63) is 53.3 Å². The van der Waals surface area contributed by atoms with E-state index in [9.17, 15) is 4.79 Å². The Kier molecular flexibility index (Phi) is 3.17. The van der Waals surface area contributed by atoms with Gasteiger partial charge in [0.15, 0.2) is 6.29 Å². The van der Waals surface area contributed by atoms with E-state index in [1.54, 1.807) is 24.4 Å². The number of rotatable bonds is 3. The molecule has 0 amide bonds. The van der Waals surface area contributed by atoms with Crippen LogP contribution in [0.2, 0.25) is 5.02 Å². The maximum atomic E-state index is 10.8. The molecule has 3 nitrogen and oxygen atoms in total. The lowest BCUT2D eigenvalue weighted by Crippen LogP contribution is -1.95. The van der Waals surface area contributed by atoms with Crippen molar-refractivity contribution in [1.82, 2.24) is 4.98 Å². The van der Waals surface area contributed by atoms with Gasteiger partial charge in [0.25, 0.3) is 0 Å². The van der Waals surface area contributed by atoms with Crippen LogP contribution in [0.5, 0.6) is 0 Å². The maximum Gasteiger partial charge on any atom is 0.153 e. The van der Waals surface area contributed by atoms with Crippen molar-refractivity contribution >= 4 is 29.3 Å². The number of hydrogen-bond acceptors (Lipinski definition) is 3. The SMILES string of the molecule is O=Cc1cnccc1Nc1ccc(Cl)cc1. The van der Waals surface area contributed by atoms with Crippen molar-refractivity contribution in [2.45, 2.75) is 0 Å². The summed E-state index contributed by atoms with van der Waals surface area (Å²) in [4.78, 5) is 14.7. The summed E-state index contributed by atoms with van der Waals surface area (Å²) in [5.41, 5.74) is 2.13. The summed E-state index contributed by atoms with van der Waals surface area (Å²) in [6.07, 6.45) is 3.92. The summed E-state index contributed by atoms with van der Waals surface area (Å²) in [5.74, 6) is 0. The van der Waals surface area contributed by atoms with Gasteiger partial charge in [0.2, 0.25) is 0 Å². The number of anilines is 2. The largest absolute Gasteiger partial charge is 0.355 e. The van der Waals surface area contributed by atoms with E-state index in [2.05, 4.69) is 10.3 Å². The molecule has 0 fully saturated rings. The quantitative estimate of drug-likeness (QED) is 0.826. The van der Waals surface area contributed by atoms with E-state index in [0.29, 0.717) is 10.6 Å². The molecule has 2 aromatic rings. The first-order valence-electron chi connectivity index (χ1n) is 4.71. The molecule has 1 N–H and O–H groups in total. The topological polar surface area (TPSA) is 42.0 Å². The van der Waals surface area contributed by atoms with Crippen molar-refractivity contribution in [3.8, 4) is 0 Å². The molecule has 0 radical (unpaired) electrons. The summed E-state index contributed by atoms with van der Waals surface area (Å²) in [5, 5.41) is 3.80. The minimum Gasteiger partial charge on any atom is -0.355 e. The number of pyridine rings is 1. The molecular formula is C12H9ClN2O. The van der Waals surface area contributed by atoms with Crippen LogP contribution < -0.4 is 5.32 Å². The first-order chi connectivity index (χ1) is 7.79. The van der Waals surface area contributed by atoms with Crippen molar-refractivity contribution in [1.29, 1.82) is 0 Å². The third-order valence-corrected chi connectivity index (χ3v) is 2.35. The summed E-state index contributed by atoms with van der Waals surface area (Å²) in [6, 6.07) is 9.00. The Morgan fingerprint density at radius 2 is 1.94 bits per heavy atom. The van der Waals surface area contributed by atoms with Gasteiger partial charge in [-0.25, -0.2) is 0 Å². The maximum absolute atomic E-state index is 10.8. The first kappa shape index (κ1) is 10.6. The number of aromatic nitrogens is 1. The molecule has 0 saturated carbocycles. The number of carbonyl (C=O) groups is 1. The van der Waals surface area contributed by atoms with Gasteiger partial charge >= 0.3 is 0 Å². The van der Waals surface area contributed by atoms with Crippen LogP contribution in [-0.2, 0) is 0 Å². The van der Waals surface area contributed by atoms with Crippen LogP contribution in [0.25, 0.3) is 0 Å². The Balaban J connectivity index is 2.26. The Hall–Kier alpha value is -1.87. The van der Waals surface area contributed by atoms with Gasteiger partial charge in [-0.1, -0.05) is 11.6 Å². The van der Waals surface area contributed by atoms with Gasteiger partial charge in [0.05, 0.1) is 11.3 Å². The number of carbonyl (C=O) groups excluding carboxylic acids is 1. The van der Waals surface area contributed by atoms with Crippen LogP contribution in [0.4, 0.5) is 11.4 Å². The van der Waals surface area contributed by atoms with Crippen LogP contribution >= 0.6 is 11.6 Å². The lowest BCUT2D eigenvalue weighted by atomic mass is 10.2. The van der Waals surface area contributed by atoms with Gasteiger partial charge in [-0.15, -0.1) is 0 Å². The van der Waals surface area contributed by atoms with Crippen LogP contribution in [-0.4, -0.2) is 11.3 Å². The highest BCUT2D eigenvalue weighted by atomic mass is 35.5. The molecule has 16 heavy (non-hydrogen) atoms. The predicted molar refractivity (Wildman–Crippen MR) is 64.4 cm³/mol. The normalized spacial score (nSPS) is 9.81. The molecule has 0 bridgehead atoms. The minimum absolute atomic E-state index is 0.525. The minimum atomic E-state index is 0.525. The zero-order valence-electron chi connectivity index (χ0n) is 8.35. The highest BCUT2D eigenvalue weighted by molar-refractivity contribution is 6.30. The molecule has 2 rings (SSSR count). The summed E-state index contributed by atoms with van der Waals surface area (Å²) >= 11 is 5.78. The van der Waals surface area contributed by atoms with Gasteiger partial charge in [-0.3, -0.25) is 9.78 Å². The molecule has 0 spiro atoms. The number of nitrogens with one attached hydrogen (secondary N) is 1. The van der Waals surface area contributed by atoms with E-state index in [1.165, 1.54) is 6.20 Å². The molecule has 0 aliphatic rings. The van der Waals surface area contributed by atoms with Crippen LogP contribution in [0.1, 0.15) is 10.4 Å². The first-order valence-corrected chi connectivity index (χ1v) is 5.09. The number of halogens is 1.